The first-order valence-corrected chi connectivity index (χ1v) is 6.09. The molecule has 0 aliphatic carbocycles. The Bertz CT molecular complexity index is 404. The topological polar surface area (TPSA) is 49.8 Å². The highest BCUT2D eigenvalue weighted by Gasteiger charge is 2.09. The zero-order valence-electron chi connectivity index (χ0n) is 11.3. The molecule has 0 atom stereocenters. The van der Waals surface area contributed by atoms with Gasteiger partial charge in [-0.05, 0) is 37.5 Å². The number of nitrogens with zero attached hydrogens (tertiary/aromatic N) is 1. The van der Waals surface area contributed by atoms with E-state index in [1.165, 1.54) is 0 Å². The average molecular weight is 251 g/mol. The van der Waals surface area contributed by atoms with E-state index in [-0.39, 0.29) is 19.1 Å². The van der Waals surface area contributed by atoms with Gasteiger partial charge >= 0.3 is 0 Å². The molecule has 0 heterocycles. The maximum atomic E-state index is 11.7. The van der Waals surface area contributed by atoms with Crippen LogP contribution in [0.2, 0.25) is 0 Å². The second-order valence-corrected chi connectivity index (χ2v) is 4.45. The molecule has 1 N–H and O–H groups in total. The molecular formula is C14H21NO3. The third-order valence-corrected chi connectivity index (χ3v) is 2.77. The Morgan fingerprint density at radius 1 is 1.39 bits per heavy atom. The minimum atomic E-state index is -0.0793. The van der Waals surface area contributed by atoms with Crippen LogP contribution >= 0.6 is 0 Å². The molecule has 0 spiro atoms. The summed E-state index contributed by atoms with van der Waals surface area (Å²) >= 11 is 0. The summed E-state index contributed by atoms with van der Waals surface area (Å²) in [6.45, 7) is 4.61. The van der Waals surface area contributed by atoms with Gasteiger partial charge in [-0.1, -0.05) is 12.1 Å². The van der Waals surface area contributed by atoms with E-state index in [0.29, 0.717) is 13.0 Å². The second kappa shape index (κ2) is 7.01. The van der Waals surface area contributed by atoms with E-state index in [2.05, 4.69) is 0 Å². The molecule has 0 aromatic heterocycles. The van der Waals surface area contributed by atoms with Crippen molar-refractivity contribution in [1.29, 1.82) is 0 Å². The fourth-order valence-electron chi connectivity index (χ4n) is 1.55. The molecule has 0 unspecified atom stereocenters. The van der Waals surface area contributed by atoms with Gasteiger partial charge in [-0.25, -0.2) is 0 Å². The normalized spacial score (nSPS) is 10.2. The van der Waals surface area contributed by atoms with E-state index in [9.17, 15) is 4.79 Å². The van der Waals surface area contributed by atoms with Crippen molar-refractivity contribution < 1.29 is 14.6 Å². The van der Waals surface area contributed by atoms with Crippen molar-refractivity contribution in [1.82, 2.24) is 4.90 Å². The number of carbonyl (C=O) groups excluding carboxylic acids is 1. The Balaban J connectivity index is 2.49. The molecule has 0 aliphatic heterocycles. The SMILES string of the molecule is Cc1ccc(C)c(OCC(=O)N(C)CCCO)c1. The predicted octanol–water partition coefficient (Wildman–Crippen LogP) is 1.52. The number of amides is 1. The van der Waals surface area contributed by atoms with Crippen molar-refractivity contribution >= 4 is 5.91 Å². The Hall–Kier alpha value is -1.55. The highest BCUT2D eigenvalue weighted by Crippen LogP contribution is 2.18. The molecule has 4 heteroatoms. The first-order valence-electron chi connectivity index (χ1n) is 6.09. The summed E-state index contributed by atoms with van der Waals surface area (Å²) in [4.78, 5) is 13.3. The second-order valence-electron chi connectivity index (χ2n) is 4.45. The van der Waals surface area contributed by atoms with Gasteiger partial charge in [-0.15, -0.1) is 0 Å². The van der Waals surface area contributed by atoms with Crippen molar-refractivity contribution in [2.45, 2.75) is 20.3 Å². The van der Waals surface area contributed by atoms with E-state index in [1.54, 1.807) is 11.9 Å². The van der Waals surface area contributed by atoms with E-state index >= 15 is 0 Å². The van der Waals surface area contributed by atoms with Crippen LogP contribution < -0.4 is 4.74 Å². The van der Waals surface area contributed by atoms with E-state index < -0.39 is 0 Å². The summed E-state index contributed by atoms with van der Waals surface area (Å²) in [5.74, 6) is 0.670. The average Bonchev–Trinajstić information content (AvgIpc) is 2.36. The lowest BCUT2D eigenvalue weighted by molar-refractivity contribution is -0.132. The van der Waals surface area contributed by atoms with Crippen LogP contribution in [0.15, 0.2) is 18.2 Å². The van der Waals surface area contributed by atoms with Gasteiger partial charge in [0.05, 0.1) is 0 Å². The zero-order chi connectivity index (χ0) is 13.5. The summed E-state index contributed by atoms with van der Waals surface area (Å²) in [6, 6.07) is 5.92. The maximum Gasteiger partial charge on any atom is 0.260 e. The summed E-state index contributed by atoms with van der Waals surface area (Å²) in [5, 5.41) is 8.70. The molecule has 0 bridgehead atoms. The zero-order valence-corrected chi connectivity index (χ0v) is 11.3. The molecule has 18 heavy (non-hydrogen) atoms. The molecule has 1 rings (SSSR count). The summed E-state index contributed by atoms with van der Waals surface area (Å²) in [7, 11) is 1.71. The first kappa shape index (κ1) is 14.5. The molecular weight excluding hydrogens is 230 g/mol. The molecule has 0 aliphatic rings. The van der Waals surface area contributed by atoms with Gasteiger partial charge < -0.3 is 14.7 Å². The number of rotatable bonds is 6. The quantitative estimate of drug-likeness (QED) is 0.834. The number of aliphatic hydroxyl groups is 1. The lowest BCUT2D eigenvalue weighted by atomic mass is 10.1. The highest BCUT2D eigenvalue weighted by atomic mass is 16.5. The molecule has 0 radical (unpaired) electrons. The van der Waals surface area contributed by atoms with Crippen molar-refractivity contribution in [3.8, 4) is 5.75 Å². The number of hydrogen-bond donors (Lipinski definition) is 1. The number of aliphatic hydroxyl groups excluding tert-OH is 1. The molecule has 100 valence electrons. The minimum absolute atomic E-state index is 0.0340. The van der Waals surface area contributed by atoms with Crippen LogP contribution in [0.3, 0.4) is 0 Å². The van der Waals surface area contributed by atoms with Gasteiger partial charge in [-0.3, -0.25) is 4.79 Å². The fourth-order valence-corrected chi connectivity index (χ4v) is 1.55. The van der Waals surface area contributed by atoms with Crippen molar-refractivity contribution in [3.05, 3.63) is 29.3 Å². The Labute approximate surface area is 108 Å². The van der Waals surface area contributed by atoms with E-state index in [4.69, 9.17) is 9.84 Å². The van der Waals surface area contributed by atoms with Gasteiger partial charge in [0.1, 0.15) is 5.75 Å². The lowest BCUT2D eigenvalue weighted by Gasteiger charge is -2.17. The Morgan fingerprint density at radius 3 is 2.78 bits per heavy atom. The number of benzene rings is 1. The maximum absolute atomic E-state index is 11.7. The predicted molar refractivity (Wildman–Crippen MR) is 70.8 cm³/mol. The van der Waals surface area contributed by atoms with E-state index in [0.717, 1.165) is 16.9 Å². The van der Waals surface area contributed by atoms with Gasteiger partial charge in [0.2, 0.25) is 0 Å². The highest BCUT2D eigenvalue weighted by molar-refractivity contribution is 5.77. The van der Waals surface area contributed by atoms with Crippen molar-refractivity contribution in [3.63, 3.8) is 0 Å². The Kier molecular flexibility index (Phi) is 5.65. The first-order chi connectivity index (χ1) is 8.54. The molecule has 4 nitrogen and oxygen atoms in total. The summed E-state index contributed by atoms with van der Waals surface area (Å²) < 4.78 is 5.53. The molecule has 0 saturated carbocycles. The van der Waals surface area contributed by atoms with Gasteiger partial charge in [0, 0.05) is 20.2 Å². The third-order valence-electron chi connectivity index (χ3n) is 2.77. The van der Waals surface area contributed by atoms with E-state index in [1.807, 2.05) is 32.0 Å². The minimum Gasteiger partial charge on any atom is -0.483 e. The van der Waals surface area contributed by atoms with Crippen LogP contribution in [-0.2, 0) is 4.79 Å². The molecule has 1 amide bonds. The number of hydrogen-bond acceptors (Lipinski definition) is 3. The number of carbonyl (C=O) groups is 1. The molecule has 0 fully saturated rings. The van der Waals surface area contributed by atoms with Crippen molar-refractivity contribution in [2.75, 3.05) is 26.8 Å². The van der Waals surface area contributed by atoms with Gasteiger partial charge in [-0.2, -0.15) is 0 Å². The van der Waals surface area contributed by atoms with Crippen LogP contribution in [0.4, 0.5) is 0 Å². The summed E-state index contributed by atoms with van der Waals surface area (Å²) in [6.07, 6.45) is 0.589. The third kappa shape index (κ3) is 4.37. The molecule has 0 saturated heterocycles. The number of ether oxygens (including phenoxy) is 1. The number of aryl methyl sites for hydroxylation is 2. The van der Waals surface area contributed by atoms with Crippen LogP contribution in [0.1, 0.15) is 17.5 Å². The van der Waals surface area contributed by atoms with Gasteiger partial charge in [0.15, 0.2) is 6.61 Å². The summed E-state index contributed by atoms with van der Waals surface area (Å²) in [5.41, 5.74) is 2.13. The largest absolute Gasteiger partial charge is 0.483 e. The van der Waals surface area contributed by atoms with Crippen LogP contribution in [-0.4, -0.2) is 42.7 Å². The lowest BCUT2D eigenvalue weighted by Crippen LogP contribution is -2.32. The van der Waals surface area contributed by atoms with Gasteiger partial charge in [0.25, 0.3) is 5.91 Å². The standard InChI is InChI=1S/C14H21NO3/c1-11-5-6-12(2)13(9-11)18-10-14(17)15(3)7-4-8-16/h5-6,9,16H,4,7-8,10H2,1-3H3. The molecule has 1 aromatic rings. The smallest absolute Gasteiger partial charge is 0.260 e. The number of likely N-dealkylation sites (N-methyl/N-ethyl adjacent to an activating group) is 1. The van der Waals surface area contributed by atoms with Crippen LogP contribution in [0, 0.1) is 13.8 Å². The van der Waals surface area contributed by atoms with Crippen molar-refractivity contribution in [2.24, 2.45) is 0 Å². The van der Waals surface area contributed by atoms with Crippen LogP contribution in [0.25, 0.3) is 0 Å². The van der Waals surface area contributed by atoms with Crippen LogP contribution in [0.5, 0.6) is 5.75 Å². The fraction of sp³-hybridized carbons (Fsp3) is 0.500. The monoisotopic (exact) mass is 251 g/mol. The Morgan fingerprint density at radius 2 is 2.11 bits per heavy atom. The molecule has 1 aromatic carbocycles.